The molecule has 4 saturated carbocycles. The van der Waals surface area contributed by atoms with E-state index in [9.17, 15) is 9.50 Å². The third-order valence-electron chi connectivity index (χ3n) is 9.98. The molecule has 1 aromatic heterocycles. The molecule has 0 amide bonds. The lowest BCUT2D eigenvalue weighted by Crippen LogP contribution is -2.35. The van der Waals surface area contributed by atoms with E-state index >= 15 is 0 Å². The van der Waals surface area contributed by atoms with Crippen LogP contribution in [0.15, 0.2) is 78.6 Å². The Hall–Kier alpha value is -3.79. The third-order valence-corrected chi connectivity index (χ3v) is 9.98. The number of hydrogen-bond donors (Lipinski definition) is 4. The molecular formula is C34H36FN5O3. The fraction of sp³-hybridized carbons (Fsp3) is 0.412. The van der Waals surface area contributed by atoms with Crippen molar-refractivity contribution in [1.82, 2.24) is 9.97 Å². The van der Waals surface area contributed by atoms with E-state index in [0.29, 0.717) is 11.7 Å². The summed E-state index contributed by atoms with van der Waals surface area (Å²) in [5.41, 5.74) is 11.3. The summed E-state index contributed by atoms with van der Waals surface area (Å²) in [7, 11) is 0. The number of aliphatic hydroxyl groups excluding tert-OH is 1. The van der Waals surface area contributed by atoms with Crippen LogP contribution in [0.3, 0.4) is 0 Å². The number of allylic oxidation sites excluding steroid dienone is 5. The van der Waals surface area contributed by atoms with Crippen molar-refractivity contribution in [3.8, 4) is 5.75 Å². The van der Waals surface area contributed by atoms with Gasteiger partial charge in [0.2, 0.25) is 0 Å². The van der Waals surface area contributed by atoms with Crippen LogP contribution in [0.1, 0.15) is 62.8 Å². The van der Waals surface area contributed by atoms with Gasteiger partial charge in [0.25, 0.3) is 0 Å². The van der Waals surface area contributed by atoms with Crippen molar-refractivity contribution in [2.75, 3.05) is 10.6 Å². The van der Waals surface area contributed by atoms with Gasteiger partial charge in [-0.05, 0) is 110 Å². The highest BCUT2D eigenvalue weighted by Gasteiger charge is 2.75. The predicted molar refractivity (Wildman–Crippen MR) is 163 cm³/mol. The standard InChI is InChI=1S/C34H36FN5O3/c35-22-3-1-2-20(12-22)18-42-29-9-7-23(13-26(29)21-4-5-21)39-31-27-14-24(6-8-28(27)37-19-38-31)40-32(36)43-30-17-34(30)16-25(41)15-33(34)10-11-33/h1-3,6-9,13-14,18-19,21,25,30,32,40-41H,4-5,10-12,15-17,36H2,(H,37,38,39)/b20-18+/t25-,30?,32?,34?/m1/s1. The zero-order chi connectivity index (χ0) is 29.2. The summed E-state index contributed by atoms with van der Waals surface area (Å²) in [4.78, 5) is 9.01. The molecule has 0 aliphatic heterocycles. The molecule has 4 fully saturated rings. The molecule has 0 radical (unpaired) electrons. The van der Waals surface area contributed by atoms with Crippen LogP contribution in [0, 0.1) is 10.8 Å². The molecule has 8 nitrogen and oxygen atoms in total. The number of nitrogens with two attached hydrogens (primary N) is 1. The second kappa shape index (κ2) is 10.1. The molecule has 2 aromatic carbocycles. The molecule has 0 saturated heterocycles. The number of ether oxygens (including phenoxy) is 2. The summed E-state index contributed by atoms with van der Waals surface area (Å²) in [6, 6.07) is 11.9. The van der Waals surface area contributed by atoms with Crippen LogP contribution in [-0.2, 0) is 4.74 Å². The first-order chi connectivity index (χ1) is 20.9. The van der Waals surface area contributed by atoms with Crippen molar-refractivity contribution in [2.24, 2.45) is 16.6 Å². The van der Waals surface area contributed by atoms with Gasteiger partial charge < -0.3 is 25.2 Å². The molecule has 222 valence electrons. The van der Waals surface area contributed by atoms with Gasteiger partial charge in [-0.3, -0.25) is 5.73 Å². The van der Waals surface area contributed by atoms with E-state index in [1.165, 1.54) is 18.9 Å². The predicted octanol–water partition coefficient (Wildman–Crippen LogP) is 6.69. The van der Waals surface area contributed by atoms with Crippen molar-refractivity contribution < 1.29 is 19.0 Å². The minimum Gasteiger partial charge on any atom is -0.464 e. The Morgan fingerprint density at radius 1 is 1.07 bits per heavy atom. The Labute approximate surface area is 249 Å². The lowest BCUT2D eigenvalue weighted by atomic mass is 9.89. The van der Waals surface area contributed by atoms with Gasteiger partial charge in [0.1, 0.15) is 23.7 Å². The summed E-state index contributed by atoms with van der Waals surface area (Å²) in [6.45, 7) is 0. The highest BCUT2D eigenvalue weighted by molar-refractivity contribution is 5.93. The number of aliphatic hydroxyl groups is 1. The molecule has 9 heteroatoms. The van der Waals surface area contributed by atoms with Gasteiger partial charge in [-0.2, -0.15) is 0 Å². The monoisotopic (exact) mass is 581 g/mol. The SMILES string of the molecule is NC(Nc1ccc2ncnc(Nc3ccc(O/C=C4\C=CC=C(F)C4)c(C4CC4)c3)c2c1)OC1CC12C[C@H](O)CC21CC1. The second-order valence-corrected chi connectivity index (χ2v) is 13.0. The van der Waals surface area contributed by atoms with Gasteiger partial charge >= 0.3 is 0 Å². The van der Waals surface area contributed by atoms with Crippen LogP contribution in [-0.4, -0.2) is 33.6 Å². The molecule has 1 heterocycles. The maximum Gasteiger partial charge on any atom is 0.182 e. The first-order valence-corrected chi connectivity index (χ1v) is 15.3. The number of hydrogen-bond acceptors (Lipinski definition) is 8. The zero-order valence-electron chi connectivity index (χ0n) is 23.9. The van der Waals surface area contributed by atoms with Gasteiger partial charge in [-0.25, -0.2) is 14.4 Å². The van der Waals surface area contributed by atoms with Gasteiger partial charge in [0, 0.05) is 28.6 Å². The highest BCUT2D eigenvalue weighted by atomic mass is 19.1. The van der Waals surface area contributed by atoms with E-state index in [4.69, 9.17) is 15.2 Å². The summed E-state index contributed by atoms with van der Waals surface area (Å²) < 4.78 is 25.9. The van der Waals surface area contributed by atoms with Gasteiger partial charge in [0.05, 0.1) is 24.0 Å². The highest BCUT2D eigenvalue weighted by Crippen LogP contribution is 2.78. The molecular weight excluding hydrogens is 545 g/mol. The Morgan fingerprint density at radius 3 is 2.74 bits per heavy atom. The molecule has 5 aliphatic rings. The number of halogens is 1. The minimum absolute atomic E-state index is 0.0941. The van der Waals surface area contributed by atoms with E-state index in [1.807, 2.05) is 36.4 Å². The van der Waals surface area contributed by atoms with E-state index in [1.54, 1.807) is 18.7 Å². The fourth-order valence-electron chi connectivity index (χ4n) is 7.45. The molecule has 0 bridgehead atoms. The van der Waals surface area contributed by atoms with Crippen molar-refractivity contribution in [2.45, 2.75) is 75.8 Å². The maximum absolute atomic E-state index is 13.7. The fourth-order valence-corrected chi connectivity index (χ4v) is 7.45. The largest absolute Gasteiger partial charge is 0.464 e. The van der Waals surface area contributed by atoms with Gasteiger partial charge in [0.15, 0.2) is 6.35 Å². The van der Waals surface area contributed by atoms with Crippen molar-refractivity contribution in [3.05, 3.63) is 84.2 Å². The van der Waals surface area contributed by atoms with E-state index in [0.717, 1.165) is 71.3 Å². The number of rotatable bonds is 9. The lowest BCUT2D eigenvalue weighted by molar-refractivity contribution is 0.0274. The normalized spacial score (nSPS) is 28.3. The van der Waals surface area contributed by atoms with Crippen LogP contribution in [0.5, 0.6) is 5.75 Å². The molecule has 5 aliphatic carbocycles. The van der Waals surface area contributed by atoms with Crippen LogP contribution in [0.4, 0.5) is 21.6 Å². The van der Waals surface area contributed by atoms with Gasteiger partial charge in [-0.15, -0.1) is 0 Å². The summed E-state index contributed by atoms with van der Waals surface area (Å²) in [5, 5.41) is 17.9. The Bertz CT molecular complexity index is 1680. The molecule has 2 spiro atoms. The van der Waals surface area contributed by atoms with E-state index < -0.39 is 6.35 Å². The Kier molecular flexibility index (Phi) is 6.33. The average molecular weight is 582 g/mol. The maximum atomic E-state index is 13.7. The first-order valence-electron chi connectivity index (χ1n) is 15.3. The lowest BCUT2D eigenvalue weighted by Gasteiger charge is -2.22. The van der Waals surface area contributed by atoms with Crippen molar-refractivity contribution >= 4 is 28.1 Å². The Morgan fingerprint density at radius 2 is 1.93 bits per heavy atom. The molecule has 3 unspecified atom stereocenters. The molecule has 8 rings (SSSR count). The van der Waals surface area contributed by atoms with Gasteiger partial charge in [-0.1, -0.05) is 12.2 Å². The molecule has 3 aromatic rings. The van der Waals surface area contributed by atoms with E-state index in [2.05, 4.69) is 26.7 Å². The van der Waals surface area contributed by atoms with Crippen LogP contribution < -0.4 is 21.1 Å². The smallest absolute Gasteiger partial charge is 0.182 e. The number of benzene rings is 2. The molecule has 43 heavy (non-hydrogen) atoms. The first kappa shape index (κ1) is 26.8. The van der Waals surface area contributed by atoms with Crippen molar-refractivity contribution in [1.29, 1.82) is 0 Å². The number of aromatic nitrogens is 2. The number of anilines is 3. The number of nitrogens with one attached hydrogen (secondary N) is 2. The second-order valence-electron chi connectivity index (χ2n) is 13.0. The molecule has 5 N–H and O–H groups in total. The molecule has 4 atom stereocenters. The van der Waals surface area contributed by atoms with E-state index in [-0.39, 0.29) is 35.3 Å². The summed E-state index contributed by atoms with van der Waals surface area (Å²) in [5.74, 6) is 1.75. The average Bonchev–Trinajstić information content (AvgIpc) is 3.88. The van der Waals surface area contributed by atoms with Crippen LogP contribution in [0.25, 0.3) is 10.9 Å². The third kappa shape index (κ3) is 5.09. The van der Waals surface area contributed by atoms with Crippen LogP contribution >= 0.6 is 0 Å². The summed E-state index contributed by atoms with van der Waals surface area (Å²) in [6.07, 6.45) is 15.0. The zero-order valence-corrected chi connectivity index (χ0v) is 23.9. The number of nitrogens with zero attached hydrogens (tertiary/aromatic N) is 2. The quantitative estimate of drug-likeness (QED) is 0.163. The van der Waals surface area contributed by atoms with Crippen LogP contribution in [0.2, 0.25) is 0 Å². The number of fused-ring (bicyclic) bond motifs is 2. The Balaban J connectivity index is 0.974. The van der Waals surface area contributed by atoms with Crippen molar-refractivity contribution in [3.63, 3.8) is 0 Å². The minimum atomic E-state index is -0.656. The summed E-state index contributed by atoms with van der Waals surface area (Å²) >= 11 is 0. The topological polar surface area (TPSA) is 115 Å².